The molecule has 0 fully saturated rings. The normalized spacial score (nSPS) is 10.8. The number of aliphatic hydroxyl groups excluding tert-OH is 1. The second-order valence-corrected chi connectivity index (χ2v) is 7.14. The third kappa shape index (κ3) is 7.24. The molecule has 2 N–H and O–H groups in total. The van der Waals surface area contributed by atoms with E-state index in [1.807, 2.05) is 0 Å². The van der Waals surface area contributed by atoms with Gasteiger partial charge in [0.2, 0.25) is 10.0 Å². The van der Waals surface area contributed by atoms with E-state index in [-0.39, 0.29) is 31.7 Å². The van der Waals surface area contributed by atoms with Gasteiger partial charge in [0.1, 0.15) is 6.61 Å². The summed E-state index contributed by atoms with van der Waals surface area (Å²) in [5.74, 6) is 4.74. The van der Waals surface area contributed by atoms with Gasteiger partial charge < -0.3 is 9.84 Å². The average molecular weight is 331 g/mol. The molecule has 0 unspecified atom stereocenters. The van der Waals surface area contributed by atoms with Crippen LogP contribution in [0.25, 0.3) is 0 Å². The number of hydrogen-bond donors (Lipinski definition) is 2. The van der Waals surface area contributed by atoms with Crippen molar-refractivity contribution in [2.45, 2.75) is 19.4 Å². The summed E-state index contributed by atoms with van der Waals surface area (Å²) in [6.07, 6.45) is 0.303. The Hall–Kier alpha value is -1.40. The number of carbonyl (C=O) groups excluding carboxylic acids is 1. The van der Waals surface area contributed by atoms with E-state index in [9.17, 15) is 13.2 Å². The molecule has 0 aliphatic heterocycles. The summed E-state index contributed by atoms with van der Waals surface area (Å²) in [5.41, 5.74) is 0. The number of sulfonamides is 1. The standard InChI is InChI=1S/C13H17NO5S2/c1-19-13(16)5-3-9-21(17,18)14-10-12-7-6-11(20-12)4-2-8-15/h6-7,14-15H,3,5,8-10H2,1H3. The second kappa shape index (κ2) is 8.79. The molecule has 1 aromatic rings. The number of ether oxygens (including phenoxy) is 1. The van der Waals surface area contributed by atoms with Crippen LogP contribution < -0.4 is 4.72 Å². The van der Waals surface area contributed by atoms with Crippen LogP contribution in [0.15, 0.2) is 12.1 Å². The van der Waals surface area contributed by atoms with Crippen molar-refractivity contribution in [3.63, 3.8) is 0 Å². The van der Waals surface area contributed by atoms with Crippen LogP contribution in [0, 0.1) is 11.8 Å². The molecular formula is C13H17NO5S2. The number of nitrogens with one attached hydrogen (secondary N) is 1. The molecule has 0 spiro atoms. The summed E-state index contributed by atoms with van der Waals surface area (Å²) in [6, 6.07) is 3.55. The molecule has 1 heterocycles. The van der Waals surface area contributed by atoms with Gasteiger partial charge in [0.15, 0.2) is 0 Å². The lowest BCUT2D eigenvalue weighted by Crippen LogP contribution is -2.26. The van der Waals surface area contributed by atoms with Gasteiger partial charge in [-0.2, -0.15) is 0 Å². The third-order valence-corrected chi connectivity index (χ3v) is 4.85. The van der Waals surface area contributed by atoms with Gasteiger partial charge in [-0.15, -0.1) is 11.3 Å². The smallest absolute Gasteiger partial charge is 0.305 e. The zero-order valence-electron chi connectivity index (χ0n) is 11.6. The summed E-state index contributed by atoms with van der Waals surface area (Å²) < 4.78 is 30.4. The van der Waals surface area contributed by atoms with Crippen molar-refractivity contribution in [1.29, 1.82) is 0 Å². The van der Waals surface area contributed by atoms with E-state index in [0.717, 1.165) is 9.75 Å². The molecule has 0 amide bonds. The van der Waals surface area contributed by atoms with E-state index in [4.69, 9.17) is 5.11 Å². The molecule has 0 radical (unpaired) electrons. The maximum atomic E-state index is 11.7. The number of rotatable bonds is 7. The minimum Gasteiger partial charge on any atom is -0.469 e. The summed E-state index contributed by atoms with van der Waals surface area (Å²) >= 11 is 1.36. The molecule has 116 valence electrons. The Morgan fingerprint density at radius 2 is 2.24 bits per heavy atom. The Morgan fingerprint density at radius 3 is 2.90 bits per heavy atom. The summed E-state index contributed by atoms with van der Waals surface area (Å²) in [7, 11) is -2.15. The van der Waals surface area contributed by atoms with Crippen LogP contribution in [0.1, 0.15) is 22.6 Å². The van der Waals surface area contributed by atoms with Crippen LogP contribution in [0.4, 0.5) is 0 Å². The van der Waals surface area contributed by atoms with E-state index in [0.29, 0.717) is 0 Å². The van der Waals surface area contributed by atoms with Crippen molar-refractivity contribution in [3.8, 4) is 11.8 Å². The van der Waals surface area contributed by atoms with E-state index in [1.165, 1.54) is 18.4 Å². The molecule has 0 saturated heterocycles. The van der Waals surface area contributed by atoms with Crippen LogP contribution in [-0.2, 0) is 26.1 Å². The predicted molar refractivity (Wildman–Crippen MR) is 80.2 cm³/mol. The highest BCUT2D eigenvalue weighted by Gasteiger charge is 2.12. The Labute approximate surface area is 128 Å². The van der Waals surface area contributed by atoms with Crippen molar-refractivity contribution in [2.24, 2.45) is 0 Å². The summed E-state index contributed by atoms with van der Waals surface area (Å²) in [4.78, 5) is 12.5. The molecule has 0 saturated carbocycles. The molecule has 0 aliphatic carbocycles. The lowest BCUT2D eigenvalue weighted by molar-refractivity contribution is -0.140. The Morgan fingerprint density at radius 1 is 1.48 bits per heavy atom. The van der Waals surface area contributed by atoms with Crippen molar-refractivity contribution in [1.82, 2.24) is 4.72 Å². The topological polar surface area (TPSA) is 92.7 Å². The first-order valence-corrected chi connectivity index (χ1v) is 8.66. The molecule has 8 heteroatoms. The highest BCUT2D eigenvalue weighted by molar-refractivity contribution is 7.89. The summed E-state index contributed by atoms with van der Waals surface area (Å²) in [6.45, 7) is -0.0217. The van der Waals surface area contributed by atoms with Crippen molar-refractivity contribution in [3.05, 3.63) is 21.9 Å². The molecule has 0 aromatic carbocycles. The highest BCUT2D eigenvalue weighted by atomic mass is 32.2. The lowest BCUT2D eigenvalue weighted by atomic mass is 10.3. The van der Waals surface area contributed by atoms with Gasteiger partial charge in [-0.25, -0.2) is 13.1 Å². The minimum atomic E-state index is -3.42. The number of methoxy groups -OCH3 is 1. The fourth-order valence-electron chi connectivity index (χ4n) is 1.43. The molecule has 1 aromatic heterocycles. The van der Waals surface area contributed by atoms with Crippen LogP contribution in [0.2, 0.25) is 0 Å². The van der Waals surface area contributed by atoms with Crippen LogP contribution in [0.5, 0.6) is 0 Å². The molecule has 0 atom stereocenters. The third-order valence-electron chi connectivity index (χ3n) is 2.44. The van der Waals surface area contributed by atoms with Gasteiger partial charge in [0.05, 0.1) is 17.7 Å². The van der Waals surface area contributed by atoms with Crippen LogP contribution in [0.3, 0.4) is 0 Å². The number of aliphatic hydroxyl groups is 1. The largest absolute Gasteiger partial charge is 0.469 e. The molecule has 0 bridgehead atoms. The Bertz CT molecular complexity index is 624. The molecule has 6 nitrogen and oxygen atoms in total. The van der Waals surface area contributed by atoms with Gasteiger partial charge in [0, 0.05) is 17.8 Å². The molecular weight excluding hydrogens is 314 g/mol. The SMILES string of the molecule is COC(=O)CCCS(=O)(=O)NCc1ccc(C#CCO)s1. The summed E-state index contributed by atoms with van der Waals surface area (Å²) in [5, 5.41) is 8.59. The first-order valence-electron chi connectivity index (χ1n) is 6.19. The van der Waals surface area contributed by atoms with Crippen molar-refractivity contribution < 1.29 is 23.1 Å². The Kier molecular flexibility index (Phi) is 7.39. The van der Waals surface area contributed by atoms with Crippen molar-refractivity contribution in [2.75, 3.05) is 19.5 Å². The zero-order valence-corrected chi connectivity index (χ0v) is 13.2. The van der Waals surface area contributed by atoms with Gasteiger partial charge in [-0.3, -0.25) is 4.79 Å². The lowest BCUT2D eigenvalue weighted by Gasteiger charge is -2.04. The van der Waals surface area contributed by atoms with Gasteiger partial charge in [0.25, 0.3) is 0 Å². The first kappa shape index (κ1) is 17.7. The predicted octanol–water partition coefficient (Wildman–Crippen LogP) is 0.464. The highest BCUT2D eigenvalue weighted by Crippen LogP contribution is 2.15. The fraction of sp³-hybridized carbons (Fsp3) is 0.462. The average Bonchev–Trinajstić information content (AvgIpc) is 2.90. The van der Waals surface area contributed by atoms with Gasteiger partial charge in [-0.05, 0) is 18.6 Å². The van der Waals surface area contributed by atoms with E-state index in [1.54, 1.807) is 12.1 Å². The van der Waals surface area contributed by atoms with E-state index in [2.05, 4.69) is 21.3 Å². The number of thiophene rings is 1. The van der Waals surface area contributed by atoms with E-state index >= 15 is 0 Å². The quantitative estimate of drug-likeness (QED) is 0.559. The number of esters is 1. The molecule has 21 heavy (non-hydrogen) atoms. The molecule has 1 rings (SSSR count). The van der Waals surface area contributed by atoms with E-state index < -0.39 is 16.0 Å². The maximum absolute atomic E-state index is 11.7. The van der Waals surface area contributed by atoms with Crippen LogP contribution in [-0.4, -0.2) is 39.0 Å². The zero-order chi connectivity index (χ0) is 15.7. The van der Waals surface area contributed by atoms with Crippen LogP contribution >= 0.6 is 11.3 Å². The second-order valence-electron chi connectivity index (χ2n) is 4.05. The van der Waals surface area contributed by atoms with Gasteiger partial charge >= 0.3 is 5.97 Å². The molecule has 0 aliphatic rings. The fourth-order valence-corrected chi connectivity index (χ4v) is 3.39. The number of carbonyl (C=O) groups is 1. The number of hydrogen-bond acceptors (Lipinski definition) is 6. The maximum Gasteiger partial charge on any atom is 0.305 e. The first-order chi connectivity index (χ1) is 9.96. The van der Waals surface area contributed by atoms with Gasteiger partial charge in [-0.1, -0.05) is 11.8 Å². The van der Waals surface area contributed by atoms with Crippen molar-refractivity contribution >= 4 is 27.3 Å². The Balaban J connectivity index is 2.42. The monoisotopic (exact) mass is 331 g/mol. The minimum absolute atomic E-state index is 0.0807.